The molecule has 1 atom stereocenters. The highest BCUT2D eigenvalue weighted by atomic mass is 35.5. The number of rotatable bonds is 9. The van der Waals surface area contributed by atoms with Gasteiger partial charge in [0.15, 0.2) is 0 Å². The van der Waals surface area contributed by atoms with E-state index in [0.717, 1.165) is 0 Å². The molecule has 2 amide bonds. The van der Waals surface area contributed by atoms with Crippen LogP contribution in [0.25, 0.3) is 0 Å². The Labute approximate surface area is 187 Å². The summed E-state index contributed by atoms with van der Waals surface area (Å²) < 4.78 is 14.3. The number of carbonyl (C=O) groups is 2. The second-order valence-electron chi connectivity index (χ2n) is 7.55. The minimum absolute atomic E-state index is 0.116. The van der Waals surface area contributed by atoms with E-state index in [4.69, 9.17) is 23.2 Å². The summed E-state index contributed by atoms with van der Waals surface area (Å²) in [5, 5.41) is 3.57. The van der Waals surface area contributed by atoms with Gasteiger partial charge in [0.2, 0.25) is 11.8 Å². The molecule has 0 fully saturated rings. The van der Waals surface area contributed by atoms with Crippen LogP contribution in [0, 0.1) is 11.7 Å². The molecule has 1 N–H and O–H groups in total. The van der Waals surface area contributed by atoms with E-state index >= 15 is 0 Å². The predicted octanol–water partition coefficient (Wildman–Crippen LogP) is 5.25. The van der Waals surface area contributed by atoms with Gasteiger partial charge in [-0.2, -0.15) is 0 Å². The van der Waals surface area contributed by atoms with Crippen LogP contribution in [-0.4, -0.2) is 29.3 Å². The van der Waals surface area contributed by atoms with Crippen LogP contribution >= 0.6 is 23.2 Å². The Morgan fingerprint density at radius 2 is 1.73 bits per heavy atom. The first-order valence-electron chi connectivity index (χ1n) is 9.98. The molecule has 2 aromatic rings. The molecule has 30 heavy (non-hydrogen) atoms. The quantitative estimate of drug-likeness (QED) is 0.564. The van der Waals surface area contributed by atoms with Gasteiger partial charge in [0, 0.05) is 28.7 Å². The second-order valence-corrected chi connectivity index (χ2v) is 8.37. The lowest BCUT2D eigenvalue weighted by molar-refractivity contribution is -0.141. The number of benzene rings is 2. The lowest BCUT2D eigenvalue weighted by Crippen LogP contribution is -2.50. The molecule has 0 saturated carbocycles. The molecule has 0 heterocycles. The van der Waals surface area contributed by atoms with Crippen LogP contribution in [0.5, 0.6) is 0 Å². The number of carbonyl (C=O) groups excluding carboxylic acids is 2. The number of halogens is 3. The highest BCUT2D eigenvalue weighted by Gasteiger charge is 2.30. The van der Waals surface area contributed by atoms with Crippen molar-refractivity contribution in [3.8, 4) is 0 Å². The van der Waals surface area contributed by atoms with Gasteiger partial charge < -0.3 is 10.2 Å². The Morgan fingerprint density at radius 1 is 1.07 bits per heavy atom. The monoisotopic (exact) mass is 452 g/mol. The van der Waals surface area contributed by atoms with Crippen molar-refractivity contribution in [3.05, 3.63) is 69.5 Å². The van der Waals surface area contributed by atoms with Crippen molar-refractivity contribution in [2.24, 2.45) is 5.92 Å². The van der Waals surface area contributed by atoms with Crippen LogP contribution in [0.4, 0.5) is 4.39 Å². The molecule has 162 valence electrons. The summed E-state index contributed by atoms with van der Waals surface area (Å²) >= 11 is 12.4. The van der Waals surface area contributed by atoms with Crippen molar-refractivity contribution in [3.63, 3.8) is 0 Å². The van der Waals surface area contributed by atoms with Gasteiger partial charge in [0.1, 0.15) is 11.9 Å². The zero-order valence-electron chi connectivity index (χ0n) is 17.4. The zero-order chi connectivity index (χ0) is 22.3. The zero-order valence-corrected chi connectivity index (χ0v) is 18.9. The Morgan fingerprint density at radius 3 is 2.33 bits per heavy atom. The minimum atomic E-state index is -0.710. The van der Waals surface area contributed by atoms with E-state index < -0.39 is 17.8 Å². The fourth-order valence-corrected chi connectivity index (χ4v) is 3.53. The molecule has 4 nitrogen and oxygen atoms in total. The molecule has 0 aliphatic carbocycles. The van der Waals surface area contributed by atoms with E-state index in [1.54, 1.807) is 18.2 Å². The maximum atomic E-state index is 14.3. The third kappa shape index (κ3) is 6.44. The average Bonchev–Trinajstić information content (AvgIpc) is 2.70. The Kier molecular flexibility index (Phi) is 9.12. The molecule has 0 spiro atoms. The van der Waals surface area contributed by atoms with Gasteiger partial charge in [-0.25, -0.2) is 4.39 Å². The van der Waals surface area contributed by atoms with E-state index in [-0.39, 0.29) is 35.4 Å². The van der Waals surface area contributed by atoms with Crippen molar-refractivity contribution in [2.45, 2.75) is 46.2 Å². The summed E-state index contributed by atoms with van der Waals surface area (Å²) in [6.45, 7) is 6.46. The van der Waals surface area contributed by atoms with Gasteiger partial charge in [0.05, 0.1) is 6.42 Å². The van der Waals surface area contributed by atoms with E-state index in [9.17, 15) is 14.0 Å². The average molecular weight is 453 g/mol. The summed E-state index contributed by atoms with van der Waals surface area (Å²) in [6.07, 6.45) is 0.162. The normalized spacial score (nSPS) is 12.0. The molecule has 2 aromatic carbocycles. The van der Waals surface area contributed by atoms with Gasteiger partial charge >= 0.3 is 0 Å². The lowest BCUT2D eigenvalue weighted by atomic mass is 10.1. The van der Waals surface area contributed by atoms with Crippen LogP contribution in [0.3, 0.4) is 0 Å². The molecule has 7 heteroatoms. The molecule has 0 saturated heterocycles. The molecule has 0 aliphatic heterocycles. The van der Waals surface area contributed by atoms with E-state index in [2.05, 4.69) is 5.32 Å². The van der Waals surface area contributed by atoms with Crippen LogP contribution in [0.15, 0.2) is 42.5 Å². The number of nitrogens with one attached hydrogen (secondary N) is 1. The topological polar surface area (TPSA) is 49.4 Å². The smallest absolute Gasteiger partial charge is 0.242 e. The SMILES string of the molecule is CC[C@H](C(=O)NCC(C)C)N(Cc1ccccc1Cl)C(=O)Cc1c(F)cccc1Cl. The Bertz CT molecular complexity index is 869. The summed E-state index contributed by atoms with van der Waals surface area (Å²) in [6, 6.07) is 10.7. The number of nitrogens with zero attached hydrogens (tertiary/aromatic N) is 1. The Balaban J connectivity index is 2.35. The van der Waals surface area contributed by atoms with Crippen LogP contribution in [0.1, 0.15) is 38.3 Å². The largest absolute Gasteiger partial charge is 0.354 e. The van der Waals surface area contributed by atoms with E-state index in [0.29, 0.717) is 23.6 Å². The maximum Gasteiger partial charge on any atom is 0.242 e. The summed E-state index contributed by atoms with van der Waals surface area (Å²) in [4.78, 5) is 27.6. The first kappa shape index (κ1) is 24.2. The molecule has 0 aromatic heterocycles. The number of hydrogen-bond acceptors (Lipinski definition) is 2. The van der Waals surface area contributed by atoms with Crippen molar-refractivity contribution in [1.82, 2.24) is 10.2 Å². The fraction of sp³-hybridized carbons (Fsp3) is 0.391. The fourth-order valence-electron chi connectivity index (χ4n) is 3.11. The van der Waals surface area contributed by atoms with Crippen LogP contribution < -0.4 is 5.32 Å². The van der Waals surface area contributed by atoms with Gasteiger partial charge in [-0.05, 0) is 36.1 Å². The highest BCUT2D eigenvalue weighted by molar-refractivity contribution is 6.31. The lowest BCUT2D eigenvalue weighted by Gasteiger charge is -2.31. The molecule has 0 bridgehead atoms. The predicted molar refractivity (Wildman–Crippen MR) is 119 cm³/mol. The highest BCUT2D eigenvalue weighted by Crippen LogP contribution is 2.23. The van der Waals surface area contributed by atoms with Crippen molar-refractivity contribution in [2.75, 3.05) is 6.54 Å². The van der Waals surface area contributed by atoms with Crippen molar-refractivity contribution < 1.29 is 14.0 Å². The van der Waals surface area contributed by atoms with Crippen molar-refractivity contribution >= 4 is 35.0 Å². The standard InChI is InChI=1S/C23H27Cl2FN2O2/c1-4-21(23(30)27-13-15(2)3)28(14-16-8-5-6-9-18(16)24)22(29)12-17-19(25)10-7-11-20(17)26/h5-11,15,21H,4,12-14H2,1-3H3,(H,27,30)/t21-/m1/s1. The summed E-state index contributed by atoms with van der Waals surface area (Å²) in [5.74, 6) is -0.915. The Hall–Kier alpha value is -2.11. The van der Waals surface area contributed by atoms with Crippen molar-refractivity contribution in [1.29, 1.82) is 0 Å². The third-order valence-corrected chi connectivity index (χ3v) is 5.48. The molecule has 2 rings (SSSR count). The van der Waals surface area contributed by atoms with E-state index in [1.165, 1.54) is 23.1 Å². The maximum absolute atomic E-state index is 14.3. The molecule has 0 unspecified atom stereocenters. The first-order valence-corrected chi connectivity index (χ1v) is 10.7. The van der Waals surface area contributed by atoms with Crippen LogP contribution in [-0.2, 0) is 22.6 Å². The summed E-state index contributed by atoms with van der Waals surface area (Å²) in [5.41, 5.74) is 0.827. The first-order chi connectivity index (χ1) is 14.2. The van der Waals surface area contributed by atoms with Gasteiger partial charge in [-0.15, -0.1) is 0 Å². The minimum Gasteiger partial charge on any atom is -0.354 e. The molecule has 0 radical (unpaired) electrons. The third-order valence-electron chi connectivity index (χ3n) is 4.76. The molecular weight excluding hydrogens is 426 g/mol. The summed E-state index contributed by atoms with van der Waals surface area (Å²) in [7, 11) is 0. The van der Waals surface area contributed by atoms with Gasteiger partial charge in [0.25, 0.3) is 0 Å². The van der Waals surface area contributed by atoms with Crippen LogP contribution in [0.2, 0.25) is 10.0 Å². The molecular formula is C23H27Cl2FN2O2. The van der Waals surface area contributed by atoms with Gasteiger partial charge in [-0.3, -0.25) is 9.59 Å². The van der Waals surface area contributed by atoms with Gasteiger partial charge in [-0.1, -0.05) is 68.2 Å². The number of hydrogen-bond donors (Lipinski definition) is 1. The molecule has 0 aliphatic rings. The van der Waals surface area contributed by atoms with E-state index in [1.807, 2.05) is 26.8 Å². The second kappa shape index (κ2) is 11.3. The number of amides is 2.